The number of halogens is 1. The van der Waals surface area contributed by atoms with Crippen LogP contribution in [0, 0.1) is 11.7 Å². The summed E-state index contributed by atoms with van der Waals surface area (Å²) in [6, 6.07) is 10.3. The van der Waals surface area contributed by atoms with Gasteiger partial charge in [-0.2, -0.15) is 0 Å². The number of aliphatic hydroxyl groups is 1. The molecule has 30 heavy (non-hydrogen) atoms. The van der Waals surface area contributed by atoms with Gasteiger partial charge in [-0.25, -0.2) is 9.37 Å². The van der Waals surface area contributed by atoms with E-state index in [1.165, 1.54) is 30.2 Å². The molecule has 1 atom stereocenters. The molecule has 0 bridgehead atoms. The van der Waals surface area contributed by atoms with Crippen LogP contribution in [0.1, 0.15) is 25.5 Å². The van der Waals surface area contributed by atoms with Crippen LogP contribution in [0.4, 0.5) is 9.52 Å². The molecule has 1 amide bonds. The number of carbonyl (C=O) groups is 2. The first-order valence-corrected chi connectivity index (χ1v) is 10.1. The third-order valence-corrected chi connectivity index (χ3v) is 5.97. The molecule has 0 radical (unpaired) electrons. The largest absolute Gasteiger partial charge is 0.503 e. The maximum atomic E-state index is 13.6. The van der Waals surface area contributed by atoms with Gasteiger partial charge in [-0.05, 0) is 35.9 Å². The molecule has 154 valence electrons. The van der Waals surface area contributed by atoms with Crippen LogP contribution >= 0.6 is 11.3 Å². The molecule has 3 aromatic rings. The summed E-state index contributed by atoms with van der Waals surface area (Å²) in [7, 11) is 1.52. The Morgan fingerprint density at radius 1 is 1.27 bits per heavy atom. The van der Waals surface area contributed by atoms with Crippen LogP contribution in [0.15, 0.2) is 53.8 Å². The Labute approximate surface area is 176 Å². The Balaban J connectivity index is 1.91. The van der Waals surface area contributed by atoms with Crippen LogP contribution in [0.2, 0.25) is 0 Å². The third-order valence-electron chi connectivity index (χ3n) is 4.95. The van der Waals surface area contributed by atoms with Crippen molar-refractivity contribution in [3.05, 3.63) is 65.2 Å². The Morgan fingerprint density at radius 3 is 2.73 bits per heavy atom. The van der Waals surface area contributed by atoms with E-state index in [2.05, 4.69) is 4.98 Å². The number of rotatable bonds is 5. The summed E-state index contributed by atoms with van der Waals surface area (Å²) in [6.07, 6.45) is 0. The van der Waals surface area contributed by atoms with E-state index in [1.807, 2.05) is 0 Å². The number of ketones is 1. The molecule has 0 aliphatic carbocycles. The molecule has 2 aromatic carbocycles. The number of methoxy groups -OCH3 is 1. The van der Waals surface area contributed by atoms with Crippen molar-refractivity contribution in [2.45, 2.75) is 19.9 Å². The fraction of sp³-hybridized carbons (Fsp3) is 0.227. The minimum Gasteiger partial charge on any atom is -0.503 e. The van der Waals surface area contributed by atoms with E-state index in [9.17, 15) is 19.1 Å². The van der Waals surface area contributed by atoms with E-state index in [0.29, 0.717) is 21.5 Å². The molecule has 8 heteroatoms. The molecule has 1 aromatic heterocycles. The standard InChI is InChI=1S/C22H19FN2O4S/c1-11(2)19(26)17-18(12-5-4-6-14(9-12)29-3)25(21(28)20(17)27)22-24-15-8-7-13(23)10-16(15)30-22/h4-11,18,27H,1-3H3. The van der Waals surface area contributed by atoms with Gasteiger partial charge < -0.3 is 9.84 Å². The first kappa shape index (κ1) is 20.0. The zero-order chi connectivity index (χ0) is 21.6. The predicted octanol–water partition coefficient (Wildman–Crippen LogP) is 4.57. The smallest absolute Gasteiger partial charge is 0.296 e. The van der Waals surface area contributed by atoms with Crippen molar-refractivity contribution in [2.24, 2.45) is 5.92 Å². The number of benzene rings is 2. The summed E-state index contributed by atoms with van der Waals surface area (Å²) in [5.41, 5.74) is 1.14. The average molecular weight is 426 g/mol. The van der Waals surface area contributed by atoms with E-state index < -0.39 is 29.4 Å². The number of carbonyl (C=O) groups excluding carboxylic acids is 2. The normalized spacial score (nSPS) is 16.8. The monoisotopic (exact) mass is 426 g/mol. The summed E-state index contributed by atoms with van der Waals surface area (Å²) in [5.74, 6) is -1.92. The highest BCUT2D eigenvalue weighted by atomic mass is 32.1. The molecular weight excluding hydrogens is 407 g/mol. The second-order valence-electron chi connectivity index (χ2n) is 7.24. The molecule has 0 spiro atoms. The lowest BCUT2D eigenvalue weighted by molar-refractivity contribution is -0.119. The number of Topliss-reactive ketones (excluding diaryl/α,β-unsaturated/α-hetero) is 1. The molecule has 0 saturated carbocycles. The van der Waals surface area contributed by atoms with Gasteiger partial charge in [0.1, 0.15) is 11.6 Å². The van der Waals surface area contributed by atoms with Crippen LogP contribution < -0.4 is 9.64 Å². The number of hydrogen-bond acceptors (Lipinski definition) is 6. The van der Waals surface area contributed by atoms with Gasteiger partial charge in [0, 0.05) is 5.92 Å². The van der Waals surface area contributed by atoms with Gasteiger partial charge in [0.05, 0.1) is 28.9 Å². The molecule has 0 saturated heterocycles. The lowest BCUT2D eigenvalue weighted by Gasteiger charge is -2.25. The van der Waals surface area contributed by atoms with E-state index in [0.717, 1.165) is 11.3 Å². The Bertz CT molecular complexity index is 1200. The van der Waals surface area contributed by atoms with Crippen LogP contribution in [0.25, 0.3) is 10.2 Å². The highest BCUT2D eigenvalue weighted by Crippen LogP contribution is 2.44. The average Bonchev–Trinajstić information content (AvgIpc) is 3.25. The first-order chi connectivity index (χ1) is 14.3. The van der Waals surface area contributed by atoms with E-state index >= 15 is 0 Å². The van der Waals surface area contributed by atoms with Crippen molar-refractivity contribution in [1.29, 1.82) is 0 Å². The molecule has 6 nitrogen and oxygen atoms in total. The Kier molecular flexibility index (Phi) is 5.03. The number of aliphatic hydroxyl groups excluding tert-OH is 1. The zero-order valence-corrected chi connectivity index (χ0v) is 17.4. The minimum atomic E-state index is -0.868. The van der Waals surface area contributed by atoms with Crippen molar-refractivity contribution >= 4 is 38.4 Å². The quantitative estimate of drug-likeness (QED) is 0.647. The van der Waals surface area contributed by atoms with Crippen molar-refractivity contribution in [3.63, 3.8) is 0 Å². The summed E-state index contributed by atoms with van der Waals surface area (Å²) in [4.78, 5) is 31.7. The minimum absolute atomic E-state index is 0.0219. The molecule has 4 rings (SSSR count). The molecule has 1 aliphatic rings. The van der Waals surface area contributed by atoms with Crippen molar-refractivity contribution in [3.8, 4) is 5.75 Å². The Hall–Kier alpha value is -3.26. The van der Waals surface area contributed by atoms with Gasteiger partial charge in [-0.3, -0.25) is 14.5 Å². The fourth-order valence-electron chi connectivity index (χ4n) is 3.48. The maximum Gasteiger partial charge on any atom is 0.296 e. The molecule has 1 aliphatic heterocycles. The fourth-order valence-corrected chi connectivity index (χ4v) is 4.50. The number of hydrogen-bond donors (Lipinski definition) is 1. The number of amides is 1. The molecule has 2 heterocycles. The van der Waals surface area contributed by atoms with Crippen molar-refractivity contribution in [2.75, 3.05) is 12.0 Å². The number of fused-ring (bicyclic) bond motifs is 1. The number of thiazole rings is 1. The topological polar surface area (TPSA) is 79.7 Å². The van der Waals surface area contributed by atoms with E-state index in [1.54, 1.807) is 38.1 Å². The summed E-state index contributed by atoms with van der Waals surface area (Å²) in [6.45, 7) is 3.41. The van der Waals surface area contributed by atoms with Gasteiger partial charge in [-0.1, -0.05) is 37.3 Å². The van der Waals surface area contributed by atoms with Gasteiger partial charge in [0.25, 0.3) is 5.91 Å². The number of aromatic nitrogens is 1. The van der Waals surface area contributed by atoms with Crippen LogP contribution in [0.3, 0.4) is 0 Å². The van der Waals surface area contributed by atoms with E-state index in [4.69, 9.17) is 4.74 Å². The molecule has 1 N–H and O–H groups in total. The van der Waals surface area contributed by atoms with Gasteiger partial charge in [0.2, 0.25) is 0 Å². The molecular formula is C22H19FN2O4S. The predicted molar refractivity (Wildman–Crippen MR) is 112 cm³/mol. The third kappa shape index (κ3) is 3.23. The van der Waals surface area contributed by atoms with Gasteiger partial charge in [0.15, 0.2) is 16.7 Å². The van der Waals surface area contributed by atoms with Crippen LogP contribution in [0.5, 0.6) is 5.75 Å². The number of ether oxygens (including phenoxy) is 1. The van der Waals surface area contributed by atoms with Crippen LogP contribution in [-0.2, 0) is 9.59 Å². The maximum absolute atomic E-state index is 13.6. The van der Waals surface area contributed by atoms with Crippen LogP contribution in [-0.4, -0.2) is 28.9 Å². The van der Waals surface area contributed by atoms with Gasteiger partial charge in [-0.15, -0.1) is 0 Å². The van der Waals surface area contributed by atoms with Gasteiger partial charge >= 0.3 is 0 Å². The zero-order valence-electron chi connectivity index (χ0n) is 16.5. The SMILES string of the molecule is COc1cccc(C2C(C(=O)C(C)C)=C(O)C(=O)N2c2nc3ccc(F)cc3s2)c1. The lowest BCUT2D eigenvalue weighted by atomic mass is 9.91. The number of anilines is 1. The molecule has 0 fully saturated rings. The van der Waals surface area contributed by atoms with E-state index in [-0.39, 0.29) is 16.5 Å². The second kappa shape index (κ2) is 7.53. The number of nitrogens with zero attached hydrogens (tertiary/aromatic N) is 2. The molecule has 1 unspecified atom stereocenters. The lowest BCUT2D eigenvalue weighted by Crippen LogP contribution is -2.31. The highest BCUT2D eigenvalue weighted by molar-refractivity contribution is 7.22. The summed E-state index contributed by atoms with van der Waals surface area (Å²) in [5, 5.41) is 10.9. The first-order valence-electron chi connectivity index (χ1n) is 9.32. The second-order valence-corrected chi connectivity index (χ2v) is 8.25. The highest BCUT2D eigenvalue weighted by Gasteiger charge is 2.46. The summed E-state index contributed by atoms with van der Waals surface area (Å²) >= 11 is 1.12. The van der Waals surface area contributed by atoms with Crippen molar-refractivity contribution < 1.29 is 23.8 Å². The Morgan fingerprint density at radius 2 is 2.03 bits per heavy atom. The van der Waals surface area contributed by atoms with Crippen molar-refractivity contribution in [1.82, 2.24) is 4.98 Å². The summed E-state index contributed by atoms with van der Waals surface area (Å²) < 4.78 is 19.5.